The summed E-state index contributed by atoms with van der Waals surface area (Å²) in [6.45, 7) is 10.3. The zero-order valence-corrected chi connectivity index (χ0v) is 10.3. The van der Waals surface area contributed by atoms with Gasteiger partial charge in [-0.05, 0) is 33.0 Å². The van der Waals surface area contributed by atoms with Crippen LogP contribution in [0.5, 0.6) is 0 Å². The van der Waals surface area contributed by atoms with Crippen molar-refractivity contribution >= 4 is 0 Å². The minimum Gasteiger partial charge on any atom is -0.318 e. The fraction of sp³-hybridized carbons (Fsp3) is 1.00. The van der Waals surface area contributed by atoms with E-state index in [1.165, 1.54) is 13.0 Å². The Morgan fingerprint density at radius 2 is 1.43 bits per heavy atom. The number of likely N-dealkylation sites (N-methyl/N-ethyl adjacent to an activating group) is 2. The van der Waals surface area contributed by atoms with Crippen LogP contribution in [0.2, 0.25) is 0 Å². The summed E-state index contributed by atoms with van der Waals surface area (Å²) in [6.07, 6.45) is 1.30. The van der Waals surface area contributed by atoms with E-state index in [4.69, 9.17) is 0 Å². The number of rotatable bonds is 9. The molecule has 0 aromatic carbocycles. The summed E-state index contributed by atoms with van der Waals surface area (Å²) in [5.74, 6) is 0.807. The Bertz CT molecular complexity index is 107. The van der Waals surface area contributed by atoms with Crippen LogP contribution in [0.3, 0.4) is 0 Å². The summed E-state index contributed by atoms with van der Waals surface area (Å²) >= 11 is 0. The molecule has 3 nitrogen and oxygen atoms in total. The van der Waals surface area contributed by atoms with Gasteiger partial charge in [-0.1, -0.05) is 13.8 Å². The Balaban J connectivity index is 3.60. The normalized spacial score (nSPS) is 11.6. The molecule has 0 rings (SSSR count). The molecule has 0 heterocycles. The Morgan fingerprint density at radius 1 is 0.929 bits per heavy atom. The molecule has 0 atom stereocenters. The van der Waals surface area contributed by atoms with E-state index in [2.05, 4.69) is 29.4 Å². The Labute approximate surface area is 89.2 Å². The molecule has 14 heavy (non-hydrogen) atoms. The van der Waals surface area contributed by atoms with Gasteiger partial charge in [-0.25, -0.2) is 0 Å². The fourth-order valence-corrected chi connectivity index (χ4v) is 1.32. The lowest BCUT2D eigenvalue weighted by Crippen LogP contribution is -2.36. The van der Waals surface area contributed by atoms with Gasteiger partial charge in [0.25, 0.3) is 0 Å². The first-order chi connectivity index (χ1) is 6.70. The lowest BCUT2D eigenvalue weighted by molar-refractivity contribution is 0.261. The van der Waals surface area contributed by atoms with Crippen LogP contribution in [0, 0.1) is 5.92 Å². The summed E-state index contributed by atoms with van der Waals surface area (Å²) in [4.78, 5) is 2.52. The van der Waals surface area contributed by atoms with E-state index in [1.807, 2.05) is 14.1 Å². The van der Waals surface area contributed by atoms with Gasteiger partial charge in [-0.15, -0.1) is 0 Å². The Morgan fingerprint density at radius 3 is 1.79 bits per heavy atom. The van der Waals surface area contributed by atoms with Crippen molar-refractivity contribution in [2.75, 3.05) is 46.8 Å². The van der Waals surface area contributed by atoms with Crippen LogP contribution in [-0.4, -0.2) is 51.7 Å². The number of hydrogen-bond acceptors (Lipinski definition) is 3. The smallest absolute Gasteiger partial charge is 0.0107 e. The lowest BCUT2D eigenvalue weighted by atomic mass is 10.1. The molecule has 2 N–H and O–H groups in total. The molecular formula is C11H27N3. The van der Waals surface area contributed by atoms with Crippen LogP contribution < -0.4 is 10.6 Å². The van der Waals surface area contributed by atoms with Crippen molar-refractivity contribution < 1.29 is 0 Å². The monoisotopic (exact) mass is 201 g/mol. The van der Waals surface area contributed by atoms with Gasteiger partial charge in [0.2, 0.25) is 0 Å². The fourth-order valence-electron chi connectivity index (χ4n) is 1.32. The van der Waals surface area contributed by atoms with Crippen molar-refractivity contribution in [1.82, 2.24) is 15.5 Å². The first-order valence-electron chi connectivity index (χ1n) is 5.72. The highest BCUT2D eigenvalue weighted by atomic mass is 15.1. The predicted octanol–water partition coefficient (Wildman–Crippen LogP) is 0.773. The van der Waals surface area contributed by atoms with Crippen LogP contribution >= 0.6 is 0 Å². The molecule has 0 fully saturated rings. The van der Waals surface area contributed by atoms with Crippen molar-refractivity contribution in [2.45, 2.75) is 20.3 Å². The molecule has 0 aliphatic rings. The Hall–Kier alpha value is -0.120. The van der Waals surface area contributed by atoms with E-state index >= 15 is 0 Å². The molecule has 0 saturated carbocycles. The highest BCUT2D eigenvalue weighted by molar-refractivity contribution is 4.61. The van der Waals surface area contributed by atoms with Crippen molar-refractivity contribution in [2.24, 2.45) is 5.92 Å². The summed E-state index contributed by atoms with van der Waals surface area (Å²) in [7, 11) is 4.03. The van der Waals surface area contributed by atoms with Crippen molar-refractivity contribution in [3.63, 3.8) is 0 Å². The van der Waals surface area contributed by atoms with Crippen molar-refractivity contribution in [1.29, 1.82) is 0 Å². The third-order valence-electron chi connectivity index (χ3n) is 2.38. The number of nitrogens with one attached hydrogen (secondary N) is 2. The maximum Gasteiger partial charge on any atom is 0.0107 e. The van der Waals surface area contributed by atoms with Gasteiger partial charge in [-0.2, -0.15) is 0 Å². The molecule has 0 radical (unpaired) electrons. The lowest BCUT2D eigenvalue weighted by Gasteiger charge is -2.22. The molecule has 86 valence electrons. The Kier molecular flexibility index (Phi) is 9.35. The molecule has 0 amide bonds. The van der Waals surface area contributed by atoms with Gasteiger partial charge in [0.05, 0.1) is 0 Å². The molecule has 0 bridgehead atoms. The second kappa shape index (κ2) is 9.44. The molecule has 0 saturated heterocycles. The molecule has 3 heteroatoms. The summed E-state index contributed by atoms with van der Waals surface area (Å²) in [5, 5.41) is 6.40. The highest BCUT2D eigenvalue weighted by Gasteiger charge is 2.04. The van der Waals surface area contributed by atoms with Crippen molar-refractivity contribution in [3.8, 4) is 0 Å². The first-order valence-corrected chi connectivity index (χ1v) is 5.72. The summed E-state index contributed by atoms with van der Waals surface area (Å²) in [6, 6.07) is 0. The molecular weight excluding hydrogens is 174 g/mol. The van der Waals surface area contributed by atoms with E-state index in [-0.39, 0.29) is 0 Å². The van der Waals surface area contributed by atoms with E-state index in [0.29, 0.717) is 0 Å². The third-order valence-corrected chi connectivity index (χ3v) is 2.38. The van der Waals surface area contributed by atoms with E-state index < -0.39 is 0 Å². The quantitative estimate of drug-likeness (QED) is 0.577. The standard InChI is InChI=1S/C11H27N3/c1-11(2)5-8-14(9-6-12-3)10-7-13-4/h11-13H,5-10H2,1-4H3. The van der Waals surface area contributed by atoms with Gasteiger partial charge in [0.15, 0.2) is 0 Å². The van der Waals surface area contributed by atoms with E-state index in [1.54, 1.807) is 0 Å². The molecule has 0 aromatic heterocycles. The first kappa shape index (κ1) is 13.9. The third kappa shape index (κ3) is 8.48. The van der Waals surface area contributed by atoms with Gasteiger partial charge in [-0.3, -0.25) is 0 Å². The van der Waals surface area contributed by atoms with Gasteiger partial charge in [0.1, 0.15) is 0 Å². The van der Waals surface area contributed by atoms with Gasteiger partial charge in [0, 0.05) is 26.2 Å². The minimum atomic E-state index is 0.807. The zero-order valence-electron chi connectivity index (χ0n) is 10.3. The topological polar surface area (TPSA) is 27.3 Å². The van der Waals surface area contributed by atoms with Crippen LogP contribution in [0.25, 0.3) is 0 Å². The van der Waals surface area contributed by atoms with Crippen LogP contribution in [0.1, 0.15) is 20.3 Å². The molecule has 0 spiro atoms. The van der Waals surface area contributed by atoms with E-state index in [9.17, 15) is 0 Å². The largest absolute Gasteiger partial charge is 0.318 e. The predicted molar refractivity (Wildman–Crippen MR) is 63.7 cm³/mol. The molecule has 0 aliphatic heterocycles. The highest BCUT2D eigenvalue weighted by Crippen LogP contribution is 2.01. The number of nitrogens with zero attached hydrogens (tertiary/aromatic N) is 1. The van der Waals surface area contributed by atoms with Crippen LogP contribution in [0.15, 0.2) is 0 Å². The second-order valence-corrected chi connectivity index (χ2v) is 4.23. The average molecular weight is 201 g/mol. The molecule has 0 unspecified atom stereocenters. The summed E-state index contributed by atoms with van der Waals surface area (Å²) < 4.78 is 0. The van der Waals surface area contributed by atoms with Gasteiger partial charge < -0.3 is 15.5 Å². The zero-order chi connectivity index (χ0) is 10.8. The van der Waals surface area contributed by atoms with Crippen LogP contribution in [0.4, 0.5) is 0 Å². The van der Waals surface area contributed by atoms with Crippen molar-refractivity contribution in [3.05, 3.63) is 0 Å². The average Bonchev–Trinajstić information content (AvgIpc) is 2.16. The maximum atomic E-state index is 3.20. The summed E-state index contributed by atoms with van der Waals surface area (Å²) in [5.41, 5.74) is 0. The van der Waals surface area contributed by atoms with Crippen LogP contribution in [-0.2, 0) is 0 Å². The SMILES string of the molecule is CNCCN(CCNC)CCC(C)C. The molecule has 0 aliphatic carbocycles. The van der Waals surface area contributed by atoms with Gasteiger partial charge >= 0.3 is 0 Å². The van der Waals surface area contributed by atoms with E-state index in [0.717, 1.165) is 32.1 Å². The second-order valence-electron chi connectivity index (χ2n) is 4.23. The number of hydrogen-bond donors (Lipinski definition) is 2. The minimum absolute atomic E-state index is 0.807. The maximum absolute atomic E-state index is 3.20. The molecule has 0 aromatic rings.